The summed E-state index contributed by atoms with van der Waals surface area (Å²) in [4.78, 5) is 19.1. The van der Waals surface area contributed by atoms with E-state index < -0.39 is 5.41 Å². The molecule has 4 heterocycles. The van der Waals surface area contributed by atoms with Gasteiger partial charge in [0.1, 0.15) is 0 Å². The molecule has 2 aromatic carbocycles. The summed E-state index contributed by atoms with van der Waals surface area (Å²) in [5.74, 6) is 3.11. The number of hydrogen-bond donors (Lipinski definition) is 0. The van der Waals surface area contributed by atoms with E-state index in [4.69, 9.17) is 9.97 Å². The Morgan fingerprint density at radius 3 is 1.39 bits per heavy atom. The van der Waals surface area contributed by atoms with Gasteiger partial charge in [0.2, 0.25) is 0 Å². The maximum absolute atomic E-state index is 5.03. The molecule has 38 heavy (non-hydrogen) atoms. The smallest absolute Gasteiger partial charge is 0.447 e. The van der Waals surface area contributed by atoms with Gasteiger partial charge in [-0.1, -0.05) is 97.3 Å². The molecule has 0 aliphatic carbocycles. The maximum Gasteiger partial charge on any atom is 2.00 e. The van der Waals surface area contributed by atoms with Gasteiger partial charge in [-0.05, 0) is 49.5 Å². The van der Waals surface area contributed by atoms with Crippen molar-refractivity contribution in [1.29, 1.82) is 0 Å². The molecule has 0 spiro atoms. The molecule has 0 bridgehead atoms. The fourth-order valence-corrected chi connectivity index (χ4v) is 4.39. The van der Waals surface area contributed by atoms with Crippen molar-refractivity contribution in [1.82, 2.24) is 29.1 Å². The molecular formula is C31H24N6Pd. The van der Waals surface area contributed by atoms with Crippen LogP contribution in [0.1, 0.15) is 25.2 Å². The minimum absolute atomic E-state index is 0. The van der Waals surface area contributed by atoms with Crippen LogP contribution in [-0.4, -0.2) is 29.1 Å². The summed E-state index contributed by atoms with van der Waals surface area (Å²) in [7, 11) is 0. The summed E-state index contributed by atoms with van der Waals surface area (Å²) in [6.45, 7) is 4.27. The minimum Gasteiger partial charge on any atom is -0.447 e. The van der Waals surface area contributed by atoms with E-state index in [1.165, 1.54) is 0 Å². The van der Waals surface area contributed by atoms with Gasteiger partial charge in [-0.3, -0.25) is 9.97 Å². The quantitative estimate of drug-likeness (QED) is 0.175. The van der Waals surface area contributed by atoms with Crippen LogP contribution < -0.4 is 0 Å². The number of benzene rings is 2. The summed E-state index contributed by atoms with van der Waals surface area (Å²) in [5.41, 5.74) is 3.35. The van der Waals surface area contributed by atoms with Crippen LogP contribution in [0.3, 0.4) is 0 Å². The van der Waals surface area contributed by atoms with Gasteiger partial charge in [-0.2, -0.15) is 0 Å². The fourth-order valence-electron chi connectivity index (χ4n) is 4.39. The van der Waals surface area contributed by atoms with Gasteiger partial charge in [0.15, 0.2) is 0 Å². The van der Waals surface area contributed by atoms with Crippen molar-refractivity contribution in [3.63, 3.8) is 0 Å². The van der Waals surface area contributed by atoms with E-state index in [2.05, 4.69) is 36.2 Å². The van der Waals surface area contributed by atoms with Gasteiger partial charge in [0, 0.05) is 40.1 Å². The molecule has 0 atom stereocenters. The molecule has 0 aliphatic rings. The Hall–Kier alpha value is -4.18. The molecular weight excluding hydrogens is 563 g/mol. The molecule has 4 aromatic heterocycles. The van der Waals surface area contributed by atoms with Gasteiger partial charge in [-0.15, -0.1) is 0 Å². The molecule has 0 unspecified atom stereocenters. The Labute approximate surface area is 235 Å². The van der Waals surface area contributed by atoms with Crippen molar-refractivity contribution >= 4 is 0 Å². The van der Waals surface area contributed by atoms with Gasteiger partial charge in [-0.25, -0.2) is 0 Å². The van der Waals surface area contributed by atoms with Crippen molar-refractivity contribution in [3.8, 4) is 34.4 Å². The zero-order valence-corrected chi connectivity index (χ0v) is 22.4. The van der Waals surface area contributed by atoms with Crippen LogP contribution in [0, 0.1) is 12.4 Å². The third-order valence-electron chi connectivity index (χ3n) is 6.44. The van der Waals surface area contributed by atoms with E-state index in [0.717, 1.165) is 45.8 Å². The Morgan fingerprint density at radius 2 is 0.974 bits per heavy atom. The molecule has 188 valence electrons. The Bertz CT molecular complexity index is 1530. The number of rotatable bonds is 6. The van der Waals surface area contributed by atoms with Gasteiger partial charge >= 0.3 is 20.4 Å². The molecule has 0 N–H and O–H groups in total. The minimum atomic E-state index is -0.465. The van der Waals surface area contributed by atoms with Crippen molar-refractivity contribution in [2.24, 2.45) is 0 Å². The van der Waals surface area contributed by atoms with Crippen molar-refractivity contribution in [2.75, 3.05) is 0 Å². The summed E-state index contributed by atoms with van der Waals surface area (Å²) in [5, 5.41) is 0. The van der Waals surface area contributed by atoms with Crippen LogP contribution in [0.25, 0.3) is 34.4 Å². The molecule has 0 saturated carbocycles. The average molecular weight is 587 g/mol. The first-order chi connectivity index (χ1) is 18.1. The normalized spacial score (nSPS) is 11.2. The molecule has 6 rings (SSSR count). The predicted octanol–water partition coefficient (Wildman–Crippen LogP) is 6.11. The Kier molecular flexibility index (Phi) is 7.15. The van der Waals surface area contributed by atoms with E-state index in [-0.39, 0.29) is 20.4 Å². The van der Waals surface area contributed by atoms with E-state index in [9.17, 15) is 0 Å². The van der Waals surface area contributed by atoms with E-state index in [1.807, 2.05) is 106 Å². The third-order valence-corrected chi connectivity index (χ3v) is 6.44. The number of aromatic nitrogens is 6. The SMILES string of the molecule is CC(C)(c1cccc(-n2[c-]cnc2-c2ccccc2)n1)c1cccc(-n2[c-]cnc2-c2ccccc2)n1.[Pd+2]. The Balaban J connectivity index is 0.00000294. The van der Waals surface area contributed by atoms with Gasteiger partial charge in [0.25, 0.3) is 0 Å². The number of nitrogens with zero attached hydrogens (tertiary/aromatic N) is 6. The summed E-state index contributed by atoms with van der Waals surface area (Å²) < 4.78 is 3.79. The molecule has 0 radical (unpaired) electrons. The van der Waals surface area contributed by atoms with Gasteiger partial charge < -0.3 is 19.1 Å². The topological polar surface area (TPSA) is 61.4 Å². The second-order valence-electron chi connectivity index (χ2n) is 9.21. The molecule has 6 nitrogen and oxygen atoms in total. The second kappa shape index (κ2) is 10.7. The largest absolute Gasteiger partial charge is 2.00 e. The zero-order valence-electron chi connectivity index (χ0n) is 20.9. The standard InChI is InChI=1S/C31H24N6.Pd/c1-31(2,25-15-9-17-27(34-25)36-21-19-32-29(36)23-11-5-3-6-12-23)26-16-10-18-28(35-26)37-22-20-33-30(37)24-13-7-4-8-14-24;/h3-20H,1-2H3;/q-2;+2. The third kappa shape index (κ3) is 4.74. The summed E-state index contributed by atoms with van der Waals surface area (Å²) in [6, 6.07) is 32.2. The second-order valence-corrected chi connectivity index (χ2v) is 9.21. The van der Waals surface area contributed by atoms with Crippen molar-refractivity contribution < 1.29 is 20.4 Å². The molecule has 0 aliphatic heterocycles. The van der Waals surface area contributed by atoms with E-state index in [1.54, 1.807) is 12.4 Å². The first-order valence-electron chi connectivity index (χ1n) is 12.1. The Morgan fingerprint density at radius 1 is 0.553 bits per heavy atom. The zero-order chi connectivity index (χ0) is 25.2. The van der Waals surface area contributed by atoms with Crippen molar-refractivity contribution in [2.45, 2.75) is 19.3 Å². The molecule has 6 aromatic rings. The average Bonchev–Trinajstić information content (AvgIpc) is 3.65. The van der Waals surface area contributed by atoms with Crippen LogP contribution in [0.5, 0.6) is 0 Å². The number of pyridine rings is 2. The molecule has 0 fully saturated rings. The molecule has 7 heteroatoms. The number of imidazole rings is 2. The van der Waals surface area contributed by atoms with Crippen LogP contribution in [-0.2, 0) is 25.8 Å². The van der Waals surface area contributed by atoms with Crippen LogP contribution in [0.15, 0.2) is 109 Å². The monoisotopic (exact) mass is 586 g/mol. The van der Waals surface area contributed by atoms with Crippen LogP contribution in [0.4, 0.5) is 0 Å². The predicted molar refractivity (Wildman–Crippen MR) is 143 cm³/mol. The van der Waals surface area contributed by atoms with E-state index in [0.29, 0.717) is 0 Å². The van der Waals surface area contributed by atoms with Gasteiger partial charge in [0.05, 0.1) is 0 Å². The maximum atomic E-state index is 5.03. The summed E-state index contributed by atoms with van der Waals surface area (Å²) >= 11 is 0. The molecule has 0 amide bonds. The van der Waals surface area contributed by atoms with Crippen LogP contribution in [0.2, 0.25) is 0 Å². The van der Waals surface area contributed by atoms with E-state index >= 15 is 0 Å². The molecule has 0 saturated heterocycles. The fraction of sp³-hybridized carbons (Fsp3) is 0.0968. The first-order valence-corrected chi connectivity index (χ1v) is 12.1. The summed E-state index contributed by atoms with van der Waals surface area (Å²) in [6.07, 6.45) is 9.76. The first kappa shape index (κ1) is 25.5. The van der Waals surface area contributed by atoms with Crippen LogP contribution >= 0.6 is 0 Å². The van der Waals surface area contributed by atoms with Crippen molar-refractivity contribution in [3.05, 3.63) is 133 Å². The number of hydrogen-bond acceptors (Lipinski definition) is 4.